The van der Waals surface area contributed by atoms with Gasteiger partial charge >= 0.3 is 0 Å². The molecule has 1 aromatic heterocycles. The summed E-state index contributed by atoms with van der Waals surface area (Å²) in [5, 5.41) is 0.793. The Bertz CT molecular complexity index is 643. The molecule has 1 aromatic carbocycles. The molecule has 1 aliphatic rings. The van der Waals surface area contributed by atoms with E-state index in [2.05, 4.69) is 22.5 Å². The minimum Gasteiger partial charge on any atom is -0.331 e. The number of nitrogens with one attached hydrogen (secondary N) is 1. The van der Waals surface area contributed by atoms with Crippen molar-refractivity contribution in [1.29, 1.82) is 0 Å². The monoisotopic (exact) mass is 294 g/mol. The summed E-state index contributed by atoms with van der Waals surface area (Å²) in [5.74, 6) is 0.657. The van der Waals surface area contributed by atoms with E-state index >= 15 is 0 Å². The van der Waals surface area contributed by atoms with E-state index < -0.39 is 0 Å². The Morgan fingerprint density at radius 1 is 1.26 bits per heavy atom. The van der Waals surface area contributed by atoms with Crippen LogP contribution >= 0.6 is 23.8 Å². The first kappa shape index (κ1) is 13.2. The summed E-state index contributed by atoms with van der Waals surface area (Å²) < 4.78 is 3.07. The molecule has 0 spiro atoms. The molecule has 2 nitrogen and oxygen atoms in total. The van der Waals surface area contributed by atoms with E-state index in [1.165, 1.54) is 32.1 Å². The summed E-state index contributed by atoms with van der Waals surface area (Å²) in [6.45, 7) is 2.34. The van der Waals surface area contributed by atoms with Crippen LogP contribution in [0, 0.1) is 10.7 Å². The van der Waals surface area contributed by atoms with Gasteiger partial charge in [-0.05, 0) is 43.1 Å². The zero-order valence-electron chi connectivity index (χ0n) is 11.2. The predicted octanol–water partition coefficient (Wildman–Crippen LogP) is 5.49. The number of para-hydroxylation sites is 1. The number of aromatic amines is 1. The third-order valence-corrected chi connectivity index (χ3v) is 4.94. The van der Waals surface area contributed by atoms with Gasteiger partial charge in [-0.1, -0.05) is 43.9 Å². The molecule has 1 aliphatic carbocycles. The Balaban J connectivity index is 2.18. The van der Waals surface area contributed by atoms with Crippen molar-refractivity contribution in [2.75, 3.05) is 0 Å². The van der Waals surface area contributed by atoms with Gasteiger partial charge in [0.25, 0.3) is 0 Å². The first-order valence-corrected chi connectivity index (χ1v) is 7.86. The van der Waals surface area contributed by atoms with E-state index in [0.717, 1.165) is 20.8 Å². The second kappa shape index (κ2) is 5.29. The lowest BCUT2D eigenvalue weighted by atomic mass is 9.96. The number of halogens is 1. The molecule has 0 radical (unpaired) electrons. The van der Waals surface area contributed by atoms with Crippen LogP contribution in [0.4, 0.5) is 0 Å². The number of fused-ring (bicyclic) bond motifs is 1. The molecule has 2 aromatic rings. The van der Waals surface area contributed by atoms with E-state index in [1.807, 2.05) is 12.1 Å². The highest BCUT2D eigenvalue weighted by Gasteiger charge is 2.24. The Hall–Kier alpha value is -0.800. The fourth-order valence-electron chi connectivity index (χ4n) is 3.31. The third kappa shape index (κ3) is 2.34. The van der Waals surface area contributed by atoms with E-state index in [0.29, 0.717) is 12.0 Å². The molecular formula is C15H19ClN2S. The fourth-order valence-corrected chi connectivity index (χ4v) is 3.91. The van der Waals surface area contributed by atoms with Crippen LogP contribution < -0.4 is 0 Å². The zero-order valence-corrected chi connectivity index (χ0v) is 12.7. The van der Waals surface area contributed by atoms with Gasteiger partial charge in [0.2, 0.25) is 0 Å². The standard InChI is InChI=1S/C15H19ClN2S/c1-10-6-3-2-4-9-13(10)18-14-11(16)7-5-8-12(14)17-15(18)19/h5,7-8,10,13H,2-4,6,9H2,1H3,(H,17,19). The highest BCUT2D eigenvalue weighted by atomic mass is 35.5. The lowest BCUT2D eigenvalue weighted by Crippen LogP contribution is -2.16. The number of rotatable bonds is 1. The molecule has 4 heteroatoms. The SMILES string of the molecule is CC1CCCCCC1n1c(=S)[nH]c2cccc(Cl)c21. The number of benzene rings is 1. The van der Waals surface area contributed by atoms with Crippen LogP contribution in [0.3, 0.4) is 0 Å². The quantitative estimate of drug-likeness (QED) is 0.544. The van der Waals surface area contributed by atoms with Crippen molar-refractivity contribution in [3.63, 3.8) is 0 Å². The van der Waals surface area contributed by atoms with Crippen LogP contribution in [0.2, 0.25) is 5.02 Å². The zero-order chi connectivity index (χ0) is 13.4. The molecule has 1 fully saturated rings. The van der Waals surface area contributed by atoms with Gasteiger partial charge in [0.1, 0.15) is 0 Å². The van der Waals surface area contributed by atoms with E-state index in [-0.39, 0.29) is 0 Å². The molecule has 2 unspecified atom stereocenters. The topological polar surface area (TPSA) is 20.7 Å². The molecule has 0 bridgehead atoms. The van der Waals surface area contributed by atoms with Crippen molar-refractivity contribution in [1.82, 2.24) is 9.55 Å². The average Bonchev–Trinajstić information content (AvgIpc) is 2.57. The summed E-state index contributed by atoms with van der Waals surface area (Å²) >= 11 is 11.9. The number of H-pyrrole nitrogens is 1. The summed E-state index contributed by atoms with van der Waals surface area (Å²) in [6, 6.07) is 6.44. The molecule has 19 heavy (non-hydrogen) atoms. The van der Waals surface area contributed by atoms with E-state index in [4.69, 9.17) is 23.8 Å². The summed E-state index contributed by atoms with van der Waals surface area (Å²) in [6.07, 6.45) is 6.44. The van der Waals surface area contributed by atoms with Crippen molar-refractivity contribution < 1.29 is 0 Å². The maximum absolute atomic E-state index is 6.40. The number of hydrogen-bond donors (Lipinski definition) is 1. The van der Waals surface area contributed by atoms with Crippen LogP contribution in [0.15, 0.2) is 18.2 Å². The van der Waals surface area contributed by atoms with E-state index in [9.17, 15) is 0 Å². The number of nitrogens with zero attached hydrogens (tertiary/aromatic N) is 1. The van der Waals surface area contributed by atoms with E-state index in [1.54, 1.807) is 0 Å². The average molecular weight is 295 g/mol. The van der Waals surface area contributed by atoms with Crippen LogP contribution in [0.1, 0.15) is 45.1 Å². The van der Waals surface area contributed by atoms with Crippen molar-refractivity contribution in [3.8, 4) is 0 Å². The maximum atomic E-state index is 6.40. The summed E-state index contributed by atoms with van der Waals surface area (Å²) in [4.78, 5) is 3.30. The number of imidazole rings is 1. The number of hydrogen-bond acceptors (Lipinski definition) is 1. The largest absolute Gasteiger partial charge is 0.331 e. The third-order valence-electron chi connectivity index (χ3n) is 4.34. The Labute approximate surface area is 123 Å². The lowest BCUT2D eigenvalue weighted by molar-refractivity contribution is 0.338. The molecule has 3 rings (SSSR count). The molecule has 0 saturated heterocycles. The first-order chi connectivity index (χ1) is 9.18. The summed E-state index contributed by atoms with van der Waals surface area (Å²) in [7, 11) is 0. The van der Waals surface area contributed by atoms with Crippen LogP contribution in [-0.2, 0) is 0 Å². The maximum Gasteiger partial charge on any atom is 0.178 e. The van der Waals surface area contributed by atoms with Crippen LogP contribution in [-0.4, -0.2) is 9.55 Å². The molecule has 1 N–H and O–H groups in total. The molecule has 102 valence electrons. The van der Waals surface area contributed by atoms with Crippen molar-refractivity contribution in [2.24, 2.45) is 5.92 Å². The molecular weight excluding hydrogens is 276 g/mol. The second-order valence-electron chi connectivity index (χ2n) is 5.62. The molecule has 1 saturated carbocycles. The van der Waals surface area contributed by atoms with Gasteiger partial charge in [-0.2, -0.15) is 0 Å². The Kier molecular flexibility index (Phi) is 3.68. The Morgan fingerprint density at radius 2 is 2.05 bits per heavy atom. The molecule has 0 aliphatic heterocycles. The van der Waals surface area contributed by atoms with Crippen molar-refractivity contribution in [2.45, 2.75) is 45.1 Å². The second-order valence-corrected chi connectivity index (χ2v) is 6.41. The van der Waals surface area contributed by atoms with Crippen LogP contribution in [0.25, 0.3) is 11.0 Å². The van der Waals surface area contributed by atoms with Gasteiger partial charge in [0.15, 0.2) is 4.77 Å². The van der Waals surface area contributed by atoms with Gasteiger partial charge in [-0.25, -0.2) is 0 Å². The Morgan fingerprint density at radius 3 is 2.89 bits per heavy atom. The van der Waals surface area contributed by atoms with Crippen molar-refractivity contribution in [3.05, 3.63) is 28.0 Å². The minimum atomic E-state index is 0.476. The predicted molar refractivity (Wildman–Crippen MR) is 83.4 cm³/mol. The fraction of sp³-hybridized carbons (Fsp3) is 0.533. The summed E-state index contributed by atoms with van der Waals surface area (Å²) in [5.41, 5.74) is 2.13. The van der Waals surface area contributed by atoms with Crippen molar-refractivity contribution >= 4 is 34.9 Å². The molecule has 0 amide bonds. The van der Waals surface area contributed by atoms with Gasteiger partial charge in [-0.15, -0.1) is 0 Å². The number of aromatic nitrogens is 2. The minimum absolute atomic E-state index is 0.476. The van der Waals surface area contributed by atoms with Gasteiger partial charge < -0.3 is 9.55 Å². The molecule has 2 atom stereocenters. The highest BCUT2D eigenvalue weighted by molar-refractivity contribution is 7.71. The van der Waals surface area contributed by atoms with Gasteiger partial charge in [0, 0.05) is 6.04 Å². The highest BCUT2D eigenvalue weighted by Crippen LogP contribution is 2.36. The lowest BCUT2D eigenvalue weighted by Gasteiger charge is -2.24. The van der Waals surface area contributed by atoms with Gasteiger partial charge in [0.05, 0.1) is 16.1 Å². The van der Waals surface area contributed by atoms with Gasteiger partial charge in [-0.3, -0.25) is 0 Å². The molecule has 1 heterocycles. The normalized spacial score (nSPS) is 24.5. The first-order valence-electron chi connectivity index (χ1n) is 7.07. The smallest absolute Gasteiger partial charge is 0.178 e. The van der Waals surface area contributed by atoms with Crippen LogP contribution in [0.5, 0.6) is 0 Å².